The van der Waals surface area contributed by atoms with E-state index in [9.17, 15) is 0 Å². The molecule has 0 saturated heterocycles. The van der Waals surface area contributed by atoms with Crippen LogP contribution in [0.4, 0.5) is 0 Å². The molecule has 0 fully saturated rings. The summed E-state index contributed by atoms with van der Waals surface area (Å²) in [7, 11) is 1.93. The van der Waals surface area contributed by atoms with E-state index in [0.717, 1.165) is 12.8 Å². The van der Waals surface area contributed by atoms with Gasteiger partial charge in [0.2, 0.25) is 0 Å². The molecule has 1 aromatic rings. The van der Waals surface area contributed by atoms with E-state index >= 15 is 0 Å². The highest BCUT2D eigenvalue weighted by Gasteiger charge is 2.07. The first-order valence-electron chi connectivity index (χ1n) is 4.56. The van der Waals surface area contributed by atoms with Crippen LogP contribution < -0.4 is 5.32 Å². The molecule has 0 aliphatic carbocycles. The Bertz CT molecular complexity index is 226. The van der Waals surface area contributed by atoms with Gasteiger partial charge >= 0.3 is 0 Å². The Morgan fingerprint density at radius 3 is 3.00 bits per heavy atom. The van der Waals surface area contributed by atoms with Gasteiger partial charge in [0.15, 0.2) is 0 Å². The molecule has 72 valence electrons. The van der Waals surface area contributed by atoms with Gasteiger partial charge in [-0.15, -0.1) is 0 Å². The fraction of sp³-hybridized carbons (Fsp3) is 0.500. The number of rotatable bonds is 5. The maximum atomic E-state index is 8.71. The molecule has 0 amide bonds. The maximum Gasteiger partial charge on any atom is 0.0431 e. The Hall–Kier alpha value is -0.930. The highest BCUT2D eigenvalue weighted by molar-refractivity contribution is 5.13. The lowest BCUT2D eigenvalue weighted by Crippen LogP contribution is -2.16. The van der Waals surface area contributed by atoms with Crippen molar-refractivity contribution in [1.82, 2.24) is 10.3 Å². The highest BCUT2D eigenvalue weighted by atomic mass is 16.2. The molecule has 0 bridgehead atoms. The number of nitrogens with one attached hydrogen (secondary N) is 1. The van der Waals surface area contributed by atoms with Crippen molar-refractivity contribution < 1.29 is 5.11 Å². The van der Waals surface area contributed by atoms with Crippen LogP contribution in [0.2, 0.25) is 0 Å². The van der Waals surface area contributed by atoms with Crippen LogP contribution in [0.25, 0.3) is 0 Å². The van der Waals surface area contributed by atoms with Crippen LogP contribution in [0.1, 0.15) is 24.4 Å². The fourth-order valence-corrected chi connectivity index (χ4v) is 1.36. The average molecular weight is 180 g/mol. The van der Waals surface area contributed by atoms with Gasteiger partial charge in [0.25, 0.3) is 0 Å². The predicted molar refractivity (Wildman–Crippen MR) is 52.4 cm³/mol. The van der Waals surface area contributed by atoms with E-state index < -0.39 is 0 Å². The molecule has 3 nitrogen and oxygen atoms in total. The van der Waals surface area contributed by atoms with Crippen molar-refractivity contribution in [2.45, 2.75) is 18.9 Å². The summed E-state index contributed by atoms with van der Waals surface area (Å²) in [6.07, 6.45) is 5.39. The van der Waals surface area contributed by atoms with E-state index in [1.54, 1.807) is 6.20 Å². The van der Waals surface area contributed by atoms with E-state index in [0.29, 0.717) is 6.04 Å². The monoisotopic (exact) mass is 180 g/mol. The van der Waals surface area contributed by atoms with Crippen LogP contribution in [-0.2, 0) is 0 Å². The molecule has 1 atom stereocenters. The largest absolute Gasteiger partial charge is 0.396 e. The lowest BCUT2D eigenvalue weighted by atomic mass is 10.0. The summed E-state index contributed by atoms with van der Waals surface area (Å²) >= 11 is 0. The van der Waals surface area contributed by atoms with Crippen molar-refractivity contribution in [2.24, 2.45) is 0 Å². The van der Waals surface area contributed by atoms with Gasteiger partial charge in [0, 0.05) is 25.0 Å². The van der Waals surface area contributed by atoms with Crippen LogP contribution in [-0.4, -0.2) is 23.7 Å². The number of nitrogens with zero attached hydrogens (tertiary/aromatic N) is 1. The number of pyridine rings is 1. The number of aromatic nitrogens is 1. The Morgan fingerprint density at radius 1 is 1.62 bits per heavy atom. The standard InChI is InChI=1S/C10H16N2O/c1-11-10(5-3-7-13)9-4-2-6-12-8-9/h2,4,6,8,10-11,13H,3,5,7H2,1H3/t10-/m1/s1. The Kier molecular flexibility index (Phi) is 4.43. The first kappa shape index (κ1) is 10.2. The summed E-state index contributed by atoms with van der Waals surface area (Å²) in [6, 6.07) is 4.28. The zero-order valence-electron chi connectivity index (χ0n) is 7.90. The first-order valence-corrected chi connectivity index (χ1v) is 4.56. The molecule has 0 aliphatic rings. The summed E-state index contributed by atoms with van der Waals surface area (Å²) in [6.45, 7) is 0.248. The third kappa shape index (κ3) is 3.13. The Morgan fingerprint density at radius 2 is 2.46 bits per heavy atom. The molecular formula is C10H16N2O. The SMILES string of the molecule is CN[C@H](CCCO)c1cccnc1. The molecule has 3 heteroatoms. The topological polar surface area (TPSA) is 45.1 Å². The Balaban J connectivity index is 2.56. The minimum atomic E-state index is 0.248. The molecule has 0 spiro atoms. The third-order valence-corrected chi connectivity index (χ3v) is 2.09. The second-order valence-electron chi connectivity index (χ2n) is 2.99. The van der Waals surface area contributed by atoms with Crippen molar-refractivity contribution >= 4 is 0 Å². The summed E-state index contributed by atoms with van der Waals surface area (Å²) in [5.41, 5.74) is 1.18. The van der Waals surface area contributed by atoms with Crippen molar-refractivity contribution in [3.63, 3.8) is 0 Å². The van der Waals surface area contributed by atoms with Crippen LogP contribution in [0.5, 0.6) is 0 Å². The van der Waals surface area contributed by atoms with Crippen LogP contribution in [0.3, 0.4) is 0 Å². The van der Waals surface area contributed by atoms with Gasteiger partial charge in [-0.25, -0.2) is 0 Å². The minimum Gasteiger partial charge on any atom is -0.396 e. The van der Waals surface area contributed by atoms with Crippen molar-refractivity contribution in [3.05, 3.63) is 30.1 Å². The lowest BCUT2D eigenvalue weighted by molar-refractivity contribution is 0.276. The van der Waals surface area contributed by atoms with E-state index in [4.69, 9.17) is 5.11 Å². The van der Waals surface area contributed by atoms with Crippen molar-refractivity contribution in [1.29, 1.82) is 0 Å². The smallest absolute Gasteiger partial charge is 0.0431 e. The van der Waals surface area contributed by atoms with Gasteiger partial charge in [0.05, 0.1) is 0 Å². The van der Waals surface area contributed by atoms with Gasteiger partial charge < -0.3 is 10.4 Å². The molecular weight excluding hydrogens is 164 g/mol. The van der Waals surface area contributed by atoms with Gasteiger partial charge in [0.1, 0.15) is 0 Å². The quantitative estimate of drug-likeness (QED) is 0.713. The lowest BCUT2D eigenvalue weighted by Gasteiger charge is -2.14. The summed E-state index contributed by atoms with van der Waals surface area (Å²) in [5, 5.41) is 11.9. The molecule has 0 aliphatic heterocycles. The Labute approximate surface area is 78.8 Å². The van der Waals surface area contributed by atoms with Crippen LogP contribution in [0.15, 0.2) is 24.5 Å². The number of hydrogen-bond acceptors (Lipinski definition) is 3. The normalized spacial score (nSPS) is 12.8. The van der Waals surface area contributed by atoms with Crippen LogP contribution >= 0.6 is 0 Å². The fourth-order valence-electron chi connectivity index (χ4n) is 1.36. The average Bonchev–Trinajstić information content (AvgIpc) is 2.21. The van der Waals surface area contributed by atoms with Crippen LogP contribution in [0, 0.1) is 0 Å². The third-order valence-electron chi connectivity index (χ3n) is 2.09. The predicted octanol–water partition coefficient (Wildman–Crippen LogP) is 1.11. The second-order valence-corrected chi connectivity index (χ2v) is 2.99. The molecule has 2 N–H and O–H groups in total. The molecule has 1 heterocycles. The van der Waals surface area contributed by atoms with Crippen molar-refractivity contribution in [3.8, 4) is 0 Å². The van der Waals surface area contributed by atoms with Gasteiger partial charge in [-0.2, -0.15) is 0 Å². The summed E-state index contributed by atoms with van der Waals surface area (Å²) < 4.78 is 0. The van der Waals surface area contributed by atoms with Gasteiger partial charge in [-0.1, -0.05) is 6.07 Å². The maximum absolute atomic E-state index is 8.71. The molecule has 1 rings (SSSR count). The number of hydrogen-bond donors (Lipinski definition) is 2. The summed E-state index contributed by atoms with van der Waals surface area (Å²) in [4.78, 5) is 4.06. The molecule has 0 unspecified atom stereocenters. The number of aliphatic hydroxyl groups excluding tert-OH is 1. The zero-order chi connectivity index (χ0) is 9.52. The van der Waals surface area contributed by atoms with E-state index in [-0.39, 0.29) is 6.61 Å². The van der Waals surface area contributed by atoms with E-state index in [2.05, 4.69) is 10.3 Å². The molecule has 0 saturated carbocycles. The second kappa shape index (κ2) is 5.67. The number of aliphatic hydroxyl groups is 1. The van der Waals surface area contributed by atoms with Gasteiger partial charge in [-0.05, 0) is 31.5 Å². The zero-order valence-corrected chi connectivity index (χ0v) is 7.90. The van der Waals surface area contributed by atoms with Crippen molar-refractivity contribution in [2.75, 3.05) is 13.7 Å². The molecule has 0 aromatic carbocycles. The van der Waals surface area contributed by atoms with E-state index in [1.807, 2.05) is 25.4 Å². The first-order chi connectivity index (χ1) is 6.38. The molecule has 0 radical (unpaired) electrons. The van der Waals surface area contributed by atoms with Gasteiger partial charge in [-0.3, -0.25) is 4.98 Å². The van der Waals surface area contributed by atoms with E-state index in [1.165, 1.54) is 5.56 Å². The summed E-state index contributed by atoms with van der Waals surface area (Å²) in [5.74, 6) is 0. The minimum absolute atomic E-state index is 0.248. The molecule has 13 heavy (non-hydrogen) atoms. The highest BCUT2D eigenvalue weighted by Crippen LogP contribution is 2.15. The molecule has 1 aromatic heterocycles.